The molecule has 1 aliphatic rings. The number of piperidine rings is 1. The fourth-order valence-electron chi connectivity index (χ4n) is 2.48. The fraction of sp³-hybridized carbons (Fsp3) is 0.857. The Morgan fingerprint density at radius 2 is 2.20 bits per heavy atom. The van der Waals surface area contributed by atoms with Crippen molar-refractivity contribution < 1.29 is 19.4 Å². The average Bonchev–Trinajstić information content (AvgIpc) is 2.44. The third-order valence-electron chi connectivity index (χ3n) is 3.66. The van der Waals surface area contributed by atoms with Crippen molar-refractivity contribution in [3.63, 3.8) is 0 Å². The lowest BCUT2D eigenvalue weighted by molar-refractivity contribution is -0.137. The van der Waals surface area contributed by atoms with Crippen molar-refractivity contribution in [1.29, 1.82) is 0 Å². The summed E-state index contributed by atoms with van der Waals surface area (Å²) < 4.78 is 5.25. The molecule has 0 spiro atoms. The van der Waals surface area contributed by atoms with Crippen LogP contribution in [0.4, 0.5) is 4.79 Å². The summed E-state index contributed by atoms with van der Waals surface area (Å²) in [5.74, 6) is -0.452. The Morgan fingerprint density at radius 3 is 2.85 bits per heavy atom. The van der Waals surface area contributed by atoms with Gasteiger partial charge in [-0.3, -0.25) is 4.79 Å². The van der Waals surface area contributed by atoms with Crippen LogP contribution in [0.25, 0.3) is 0 Å². The van der Waals surface area contributed by atoms with E-state index in [1.165, 1.54) is 0 Å². The number of likely N-dealkylation sites (tertiary alicyclic amines) is 1. The van der Waals surface area contributed by atoms with E-state index in [-0.39, 0.29) is 12.5 Å². The number of amides is 2. The van der Waals surface area contributed by atoms with Crippen molar-refractivity contribution in [3.05, 3.63) is 0 Å². The molecule has 1 fully saturated rings. The molecule has 116 valence electrons. The molecule has 0 aromatic carbocycles. The Bertz CT molecular complexity index is 322. The summed E-state index contributed by atoms with van der Waals surface area (Å²) in [5, 5.41) is 8.73. The maximum Gasteiger partial charge on any atom is 0.319 e. The van der Waals surface area contributed by atoms with Gasteiger partial charge < -0.3 is 19.6 Å². The van der Waals surface area contributed by atoms with E-state index in [1.807, 2.05) is 11.8 Å². The van der Waals surface area contributed by atoms with E-state index in [0.717, 1.165) is 19.4 Å². The Kier molecular flexibility index (Phi) is 7.36. The van der Waals surface area contributed by atoms with Gasteiger partial charge in [0.2, 0.25) is 0 Å². The minimum Gasteiger partial charge on any atom is -0.481 e. The Hall–Kier alpha value is -1.30. The predicted molar refractivity (Wildman–Crippen MR) is 75.7 cm³/mol. The van der Waals surface area contributed by atoms with Crippen LogP contribution in [0, 0.1) is 5.92 Å². The summed E-state index contributed by atoms with van der Waals surface area (Å²) in [6.45, 7) is 5.16. The SMILES string of the molecule is CCOCCN(C)C(=O)N1CCCC(CCC(=O)O)C1. The van der Waals surface area contributed by atoms with Crippen LogP contribution < -0.4 is 0 Å². The first-order valence-corrected chi connectivity index (χ1v) is 7.34. The molecule has 20 heavy (non-hydrogen) atoms. The van der Waals surface area contributed by atoms with E-state index in [1.54, 1.807) is 11.9 Å². The maximum absolute atomic E-state index is 12.3. The number of urea groups is 1. The largest absolute Gasteiger partial charge is 0.481 e. The monoisotopic (exact) mass is 286 g/mol. The first-order chi connectivity index (χ1) is 9.54. The lowest BCUT2D eigenvalue weighted by Gasteiger charge is -2.35. The third-order valence-corrected chi connectivity index (χ3v) is 3.66. The van der Waals surface area contributed by atoms with Crippen LogP contribution in [0.5, 0.6) is 0 Å². The van der Waals surface area contributed by atoms with Gasteiger partial charge in [0.1, 0.15) is 0 Å². The minimum atomic E-state index is -0.762. The molecule has 0 radical (unpaired) electrons. The highest BCUT2D eigenvalue weighted by Gasteiger charge is 2.25. The summed E-state index contributed by atoms with van der Waals surface area (Å²) in [7, 11) is 1.78. The molecular weight excluding hydrogens is 260 g/mol. The highest BCUT2D eigenvalue weighted by molar-refractivity contribution is 5.74. The lowest BCUT2D eigenvalue weighted by atomic mass is 9.93. The molecule has 1 rings (SSSR count). The predicted octanol–water partition coefficient (Wildman–Crippen LogP) is 1.65. The Labute approximate surface area is 120 Å². The van der Waals surface area contributed by atoms with Crippen LogP contribution in [0.2, 0.25) is 0 Å². The van der Waals surface area contributed by atoms with Gasteiger partial charge in [-0.15, -0.1) is 0 Å². The van der Waals surface area contributed by atoms with Gasteiger partial charge in [0.05, 0.1) is 6.61 Å². The molecule has 0 aliphatic carbocycles. The van der Waals surface area contributed by atoms with Gasteiger partial charge in [-0.05, 0) is 32.1 Å². The first-order valence-electron chi connectivity index (χ1n) is 7.34. The number of rotatable bonds is 7. The second-order valence-corrected chi connectivity index (χ2v) is 5.29. The number of hydrogen-bond acceptors (Lipinski definition) is 3. The number of carboxylic acids is 1. The van der Waals surface area contributed by atoms with E-state index >= 15 is 0 Å². The zero-order valence-corrected chi connectivity index (χ0v) is 12.5. The number of nitrogens with zero attached hydrogens (tertiary/aromatic N) is 2. The van der Waals surface area contributed by atoms with Crippen molar-refractivity contribution in [2.75, 3.05) is 39.9 Å². The van der Waals surface area contributed by atoms with E-state index in [0.29, 0.717) is 38.6 Å². The number of ether oxygens (including phenoxy) is 1. The van der Waals surface area contributed by atoms with Crippen molar-refractivity contribution in [2.24, 2.45) is 5.92 Å². The normalized spacial score (nSPS) is 18.9. The molecule has 1 unspecified atom stereocenters. The maximum atomic E-state index is 12.3. The highest BCUT2D eigenvalue weighted by Crippen LogP contribution is 2.21. The van der Waals surface area contributed by atoms with Crippen molar-refractivity contribution >= 4 is 12.0 Å². The van der Waals surface area contributed by atoms with Crippen molar-refractivity contribution in [3.8, 4) is 0 Å². The second-order valence-electron chi connectivity index (χ2n) is 5.29. The molecule has 0 saturated carbocycles. The van der Waals surface area contributed by atoms with Gasteiger partial charge >= 0.3 is 12.0 Å². The average molecular weight is 286 g/mol. The van der Waals surface area contributed by atoms with Crippen LogP contribution in [0.1, 0.15) is 32.6 Å². The van der Waals surface area contributed by atoms with Gasteiger partial charge in [-0.1, -0.05) is 0 Å². The molecule has 6 nitrogen and oxygen atoms in total. The minimum absolute atomic E-state index is 0.0183. The number of aliphatic carboxylic acids is 1. The summed E-state index contributed by atoms with van der Waals surface area (Å²) in [6.07, 6.45) is 2.81. The molecule has 1 N–H and O–H groups in total. The summed E-state index contributed by atoms with van der Waals surface area (Å²) in [6, 6.07) is 0.0183. The molecule has 6 heteroatoms. The van der Waals surface area contributed by atoms with E-state index in [9.17, 15) is 9.59 Å². The van der Waals surface area contributed by atoms with E-state index in [2.05, 4.69) is 0 Å². The van der Waals surface area contributed by atoms with Gasteiger partial charge in [0, 0.05) is 39.7 Å². The molecule has 1 atom stereocenters. The molecule has 1 heterocycles. The lowest BCUT2D eigenvalue weighted by Crippen LogP contribution is -2.47. The number of carboxylic acid groups (broad SMARTS) is 1. The van der Waals surface area contributed by atoms with E-state index in [4.69, 9.17) is 9.84 Å². The van der Waals surface area contributed by atoms with Gasteiger partial charge in [0.15, 0.2) is 0 Å². The van der Waals surface area contributed by atoms with Crippen molar-refractivity contribution in [2.45, 2.75) is 32.6 Å². The zero-order valence-electron chi connectivity index (χ0n) is 12.5. The molecule has 0 aromatic rings. The third kappa shape index (κ3) is 5.77. The van der Waals surface area contributed by atoms with Gasteiger partial charge in [0.25, 0.3) is 0 Å². The van der Waals surface area contributed by atoms with E-state index < -0.39 is 5.97 Å². The smallest absolute Gasteiger partial charge is 0.319 e. The molecular formula is C14H26N2O4. The quantitative estimate of drug-likeness (QED) is 0.722. The van der Waals surface area contributed by atoms with Crippen molar-refractivity contribution in [1.82, 2.24) is 9.80 Å². The van der Waals surface area contributed by atoms with Crippen LogP contribution in [0.15, 0.2) is 0 Å². The van der Waals surface area contributed by atoms with Gasteiger partial charge in [-0.2, -0.15) is 0 Å². The topological polar surface area (TPSA) is 70.1 Å². The number of likely N-dealkylation sites (N-methyl/N-ethyl adjacent to an activating group) is 1. The number of carbonyl (C=O) groups excluding carboxylic acids is 1. The molecule has 1 aliphatic heterocycles. The van der Waals surface area contributed by atoms with Gasteiger partial charge in [-0.25, -0.2) is 4.79 Å². The molecule has 0 aromatic heterocycles. The molecule has 2 amide bonds. The summed E-state index contributed by atoms with van der Waals surface area (Å²) in [4.78, 5) is 26.4. The number of hydrogen-bond donors (Lipinski definition) is 1. The first kappa shape index (κ1) is 16.8. The highest BCUT2D eigenvalue weighted by atomic mass is 16.5. The van der Waals surface area contributed by atoms with Crippen LogP contribution in [-0.2, 0) is 9.53 Å². The van der Waals surface area contributed by atoms with Crippen LogP contribution >= 0.6 is 0 Å². The Morgan fingerprint density at radius 1 is 1.45 bits per heavy atom. The zero-order chi connectivity index (χ0) is 15.0. The van der Waals surface area contributed by atoms with Crippen LogP contribution in [0.3, 0.4) is 0 Å². The Balaban J connectivity index is 2.37. The van der Waals surface area contributed by atoms with Crippen LogP contribution in [-0.4, -0.2) is 66.8 Å². The number of carbonyl (C=O) groups is 2. The summed E-state index contributed by atoms with van der Waals surface area (Å²) >= 11 is 0. The standard InChI is InChI=1S/C14H26N2O4/c1-3-20-10-9-15(2)14(19)16-8-4-5-12(11-16)6-7-13(17)18/h12H,3-11H2,1-2H3,(H,17,18). The summed E-state index contributed by atoms with van der Waals surface area (Å²) in [5.41, 5.74) is 0. The molecule has 0 bridgehead atoms. The molecule has 1 saturated heterocycles. The second kappa shape index (κ2) is 8.79. The fourth-order valence-corrected chi connectivity index (χ4v) is 2.48.